The van der Waals surface area contributed by atoms with Crippen molar-refractivity contribution < 1.29 is 9.53 Å². The van der Waals surface area contributed by atoms with Gasteiger partial charge < -0.3 is 9.64 Å². The van der Waals surface area contributed by atoms with Crippen LogP contribution < -0.4 is 15.2 Å². The van der Waals surface area contributed by atoms with Gasteiger partial charge in [0, 0.05) is 31.3 Å². The highest BCUT2D eigenvalue weighted by molar-refractivity contribution is 6.07. The van der Waals surface area contributed by atoms with E-state index in [2.05, 4.69) is 0 Å². The zero-order valence-electron chi connectivity index (χ0n) is 16.1. The quantitative estimate of drug-likeness (QED) is 0.702. The van der Waals surface area contributed by atoms with E-state index in [0.717, 1.165) is 49.5 Å². The Morgan fingerprint density at radius 2 is 1.89 bits per heavy atom. The van der Waals surface area contributed by atoms with Crippen LogP contribution in [0.1, 0.15) is 35.4 Å². The fourth-order valence-corrected chi connectivity index (χ4v) is 3.67. The van der Waals surface area contributed by atoms with Gasteiger partial charge in [-0.2, -0.15) is 0 Å². The van der Waals surface area contributed by atoms with Gasteiger partial charge in [-0.15, -0.1) is 0 Å². The van der Waals surface area contributed by atoms with E-state index in [1.165, 1.54) is 0 Å². The topological polar surface area (TPSA) is 64.4 Å². The highest BCUT2D eigenvalue weighted by atomic mass is 16.5. The van der Waals surface area contributed by atoms with Gasteiger partial charge in [0.1, 0.15) is 11.6 Å². The summed E-state index contributed by atoms with van der Waals surface area (Å²) in [6, 6.07) is 12.5. The molecule has 6 nitrogen and oxygen atoms in total. The van der Waals surface area contributed by atoms with Crippen LogP contribution in [0.3, 0.4) is 0 Å². The van der Waals surface area contributed by atoms with Gasteiger partial charge in [0.15, 0.2) is 0 Å². The fraction of sp³-hybridized carbons (Fsp3) is 0.318. The summed E-state index contributed by atoms with van der Waals surface area (Å²) in [6.45, 7) is 0.720. The summed E-state index contributed by atoms with van der Waals surface area (Å²) < 4.78 is 6.96. The fourth-order valence-electron chi connectivity index (χ4n) is 3.67. The average molecular weight is 377 g/mol. The summed E-state index contributed by atoms with van der Waals surface area (Å²) >= 11 is 0. The van der Waals surface area contributed by atoms with E-state index in [1.54, 1.807) is 41.8 Å². The van der Waals surface area contributed by atoms with Gasteiger partial charge in [-0.1, -0.05) is 6.42 Å². The van der Waals surface area contributed by atoms with Crippen molar-refractivity contribution in [2.24, 2.45) is 0 Å². The summed E-state index contributed by atoms with van der Waals surface area (Å²) in [6.07, 6.45) is 3.95. The van der Waals surface area contributed by atoms with Crippen LogP contribution in [0.15, 0.2) is 47.3 Å². The lowest BCUT2D eigenvalue weighted by molar-refractivity contribution is 0.0993. The van der Waals surface area contributed by atoms with Crippen LogP contribution in [-0.2, 0) is 13.0 Å². The molecule has 0 saturated carbocycles. The Morgan fingerprint density at radius 1 is 1.11 bits per heavy atom. The molecule has 2 aromatic carbocycles. The lowest BCUT2D eigenvalue weighted by Crippen LogP contribution is -2.27. The monoisotopic (exact) mass is 377 g/mol. The molecule has 4 rings (SSSR count). The Morgan fingerprint density at radius 3 is 2.64 bits per heavy atom. The lowest BCUT2D eigenvalue weighted by Gasteiger charge is -2.18. The van der Waals surface area contributed by atoms with Crippen molar-refractivity contribution in [3.63, 3.8) is 0 Å². The maximum Gasteiger partial charge on any atom is 0.261 e. The molecule has 0 atom stereocenters. The molecule has 0 aliphatic carbocycles. The third-order valence-electron chi connectivity index (χ3n) is 5.33. The van der Waals surface area contributed by atoms with E-state index < -0.39 is 0 Å². The van der Waals surface area contributed by atoms with Crippen molar-refractivity contribution in [3.05, 3.63) is 64.2 Å². The smallest absolute Gasteiger partial charge is 0.261 e. The van der Waals surface area contributed by atoms with E-state index in [-0.39, 0.29) is 11.5 Å². The molecule has 2 heterocycles. The van der Waals surface area contributed by atoms with E-state index in [0.29, 0.717) is 16.5 Å². The number of nitrogens with zero attached hydrogens (tertiary/aromatic N) is 3. The number of methoxy groups -OCH3 is 1. The largest absolute Gasteiger partial charge is 0.497 e. The van der Waals surface area contributed by atoms with Gasteiger partial charge in [0.25, 0.3) is 11.5 Å². The van der Waals surface area contributed by atoms with Crippen molar-refractivity contribution >= 4 is 22.5 Å². The number of benzene rings is 2. The van der Waals surface area contributed by atoms with Gasteiger partial charge in [-0.05, 0) is 55.3 Å². The minimum Gasteiger partial charge on any atom is -0.497 e. The zero-order valence-corrected chi connectivity index (χ0v) is 16.1. The standard InChI is InChI=1S/C22H23N3O3/c1-24(16-8-10-17(28-2)11-9-16)21(26)15-7-12-18-19(14-15)23-20-6-4-3-5-13-25(20)22(18)27/h7-12,14H,3-6,13H2,1-2H3. The van der Waals surface area contributed by atoms with E-state index in [9.17, 15) is 9.59 Å². The molecule has 28 heavy (non-hydrogen) atoms. The van der Waals surface area contributed by atoms with Crippen LogP contribution in [-0.4, -0.2) is 29.6 Å². The first-order valence-corrected chi connectivity index (χ1v) is 9.54. The first-order valence-electron chi connectivity index (χ1n) is 9.54. The second-order valence-electron chi connectivity index (χ2n) is 7.09. The van der Waals surface area contributed by atoms with Crippen LogP contribution in [0.4, 0.5) is 5.69 Å². The first kappa shape index (κ1) is 18.2. The number of fused-ring (bicyclic) bond motifs is 2. The highest BCUT2D eigenvalue weighted by Crippen LogP contribution is 2.21. The SMILES string of the molecule is COc1ccc(N(C)C(=O)c2ccc3c(=O)n4c(nc3c2)CCCCC4)cc1. The summed E-state index contributed by atoms with van der Waals surface area (Å²) in [7, 11) is 3.34. The Balaban J connectivity index is 1.70. The molecule has 0 unspecified atom stereocenters. The molecule has 0 bridgehead atoms. The summed E-state index contributed by atoms with van der Waals surface area (Å²) in [5.41, 5.74) is 1.86. The number of carbonyl (C=O) groups is 1. The molecule has 1 aliphatic heterocycles. The molecule has 0 radical (unpaired) electrons. The van der Waals surface area contributed by atoms with Crippen LogP contribution in [0, 0.1) is 0 Å². The molecule has 1 aliphatic rings. The van der Waals surface area contributed by atoms with Crippen molar-refractivity contribution in [2.45, 2.75) is 32.2 Å². The first-order chi connectivity index (χ1) is 13.6. The molecular weight excluding hydrogens is 354 g/mol. The Bertz CT molecular complexity index is 1090. The highest BCUT2D eigenvalue weighted by Gasteiger charge is 2.17. The number of aryl methyl sites for hydroxylation is 1. The van der Waals surface area contributed by atoms with Gasteiger partial charge in [-0.3, -0.25) is 14.2 Å². The predicted molar refractivity (Wildman–Crippen MR) is 109 cm³/mol. The van der Waals surface area contributed by atoms with Crippen LogP contribution in [0.2, 0.25) is 0 Å². The van der Waals surface area contributed by atoms with Crippen molar-refractivity contribution in [2.75, 3.05) is 19.1 Å². The average Bonchev–Trinajstić information content (AvgIpc) is 2.98. The lowest BCUT2D eigenvalue weighted by atomic mass is 10.1. The minimum atomic E-state index is -0.149. The summed E-state index contributed by atoms with van der Waals surface area (Å²) in [5.74, 6) is 1.41. The molecule has 0 saturated heterocycles. The maximum atomic E-state index is 13.0. The number of carbonyl (C=O) groups excluding carboxylic acids is 1. The number of ether oxygens (including phenoxy) is 1. The zero-order chi connectivity index (χ0) is 19.7. The molecule has 1 amide bonds. The number of anilines is 1. The van der Waals surface area contributed by atoms with Crippen LogP contribution in [0.5, 0.6) is 5.75 Å². The van der Waals surface area contributed by atoms with Gasteiger partial charge in [-0.25, -0.2) is 4.98 Å². The molecule has 6 heteroatoms. The molecule has 3 aromatic rings. The van der Waals surface area contributed by atoms with E-state index >= 15 is 0 Å². The number of amides is 1. The minimum absolute atomic E-state index is 0.00981. The molecular formula is C22H23N3O3. The Kier molecular flexibility index (Phi) is 4.86. The van der Waals surface area contributed by atoms with Gasteiger partial charge in [0.05, 0.1) is 18.0 Å². The van der Waals surface area contributed by atoms with Gasteiger partial charge >= 0.3 is 0 Å². The van der Waals surface area contributed by atoms with Crippen LogP contribution >= 0.6 is 0 Å². The maximum absolute atomic E-state index is 13.0. The molecule has 0 N–H and O–H groups in total. The normalized spacial score (nSPS) is 13.6. The number of hydrogen-bond acceptors (Lipinski definition) is 4. The van der Waals surface area contributed by atoms with Crippen molar-refractivity contribution in [1.29, 1.82) is 0 Å². The number of hydrogen-bond donors (Lipinski definition) is 0. The summed E-state index contributed by atoms with van der Waals surface area (Å²) in [4.78, 5) is 32.1. The van der Waals surface area contributed by atoms with E-state index in [1.807, 2.05) is 24.3 Å². The second-order valence-corrected chi connectivity index (χ2v) is 7.09. The Labute approximate surface area is 163 Å². The van der Waals surface area contributed by atoms with E-state index in [4.69, 9.17) is 9.72 Å². The molecule has 0 fully saturated rings. The number of aromatic nitrogens is 2. The Hall–Kier alpha value is -3.15. The van der Waals surface area contributed by atoms with Crippen molar-refractivity contribution in [1.82, 2.24) is 9.55 Å². The molecule has 1 aromatic heterocycles. The second kappa shape index (κ2) is 7.46. The number of rotatable bonds is 3. The molecule has 144 valence electrons. The third kappa shape index (κ3) is 3.26. The predicted octanol–water partition coefficient (Wildman–Crippen LogP) is 3.41. The van der Waals surface area contributed by atoms with Gasteiger partial charge in [0.2, 0.25) is 0 Å². The molecule has 0 spiro atoms. The third-order valence-corrected chi connectivity index (χ3v) is 5.33. The summed E-state index contributed by atoms with van der Waals surface area (Å²) in [5, 5.41) is 0.564. The van der Waals surface area contributed by atoms with Crippen LogP contribution in [0.25, 0.3) is 10.9 Å². The van der Waals surface area contributed by atoms with Crippen molar-refractivity contribution in [3.8, 4) is 5.75 Å².